The van der Waals surface area contributed by atoms with Crippen molar-refractivity contribution in [1.82, 2.24) is 10.3 Å². The van der Waals surface area contributed by atoms with Crippen molar-refractivity contribution in [3.05, 3.63) is 70.2 Å². The molecule has 0 saturated heterocycles. The SMILES string of the molecule is CC(C)C[C@H](NC(=O)OCC1c2ccccc2-c2ccccc21)c1nc(N)sc1C(=O)O. The first-order valence-electron chi connectivity index (χ1n) is 10.5. The van der Waals surface area contributed by atoms with Gasteiger partial charge in [-0.2, -0.15) is 0 Å². The number of aromatic nitrogens is 1. The van der Waals surface area contributed by atoms with Crippen LogP contribution >= 0.6 is 11.3 Å². The average molecular weight is 452 g/mol. The molecular weight excluding hydrogens is 426 g/mol. The summed E-state index contributed by atoms with van der Waals surface area (Å²) in [6, 6.07) is 15.6. The van der Waals surface area contributed by atoms with Crippen LogP contribution in [0.1, 0.15) is 58.7 Å². The highest BCUT2D eigenvalue weighted by atomic mass is 32.1. The summed E-state index contributed by atoms with van der Waals surface area (Å²) in [5, 5.41) is 12.5. The van der Waals surface area contributed by atoms with Gasteiger partial charge in [0.25, 0.3) is 0 Å². The third kappa shape index (κ3) is 4.31. The molecule has 0 unspecified atom stereocenters. The van der Waals surface area contributed by atoms with E-state index >= 15 is 0 Å². The van der Waals surface area contributed by atoms with E-state index in [0.717, 1.165) is 33.6 Å². The van der Waals surface area contributed by atoms with Crippen LogP contribution in [-0.2, 0) is 4.74 Å². The monoisotopic (exact) mass is 451 g/mol. The van der Waals surface area contributed by atoms with Crippen LogP contribution in [-0.4, -0.2) is 28.8 Å². The van der Waals surface area contributed by atoms with Crippen LogP contribution in [0.5, 0.6) is 0 Å². The molecule has 4 rings (SSSR count). The van der Waals surface area contributed by atoms with Crippen molar-refractivity contribution < 1.29 is 19.4 Å². The zero-order chi connectivity index (χ0) is 22.8. The summed E-state index contributed by atoms with van der Waals surface area (Å²) in [5.41, 5.74) is 10.6. The molecule has 2 aromatic carbocycles. The minimum atomic E-state index is -1.11. The van der Waals surface area contributed by atoms with Crippen LogP contribution < -0.4 is 11.1 Å². The number of nitrogens with one attached hydrogen (secondary N) is 1. The van der Waals surface area contributed by atoms with Gasteiger partial charge in [-0.15, -0.1) is 0 Å². The first-order chi connectivity index (χ1) is 15.3. The molecule has 1 amide bonds. The fraction of sp³-hybridized carbons (Fsp3) is 0.292. The predicted molar refractivity (Wildman–Crippen MR) is 124 cm³/mol. The highest BCUT2D eigenvalue weighted by Crippen LogP contribution is 2.44. The number of carbonyl (C=O) groups excluding carboxylic acids is 1. The molecule has 32 heavy (non-hydrogen) atoms. The number of thiazole rings is 1. The van der Waals surface area contributed by atoms with Gasteiger partial charge < -0.3 is 20.9 Å². The van der Waals surface area contributed by atoms with E-state index in [4.69, 9.17) is 10.5 Å². The number of anilines is 1. The minimum Gasteiger partial charge on any atom is -0.477 e. The van der Waals surface area contributed by atoms with E-state index in [2.05, 4.69) is 34.6 Å². The molecule has 3 aromatic rings. The number of hydrogen-bond donors (Lipinski definition) is 3. The maximum atomic E-state index is 12.7. The summed E-state index contributed by atoms with van der Waals surface area (Å²) in [5.74, 6) is -0.975. The van der Waals surface area contributed by atoms with Gasteiger partial charge in [-0.1, -0.05) is 73.7 Å². The van der Waals surface area contributed by atoms with Crippen LogP contribution in [0.2, 0.25) is 0 Å². The van der Waals surface area contributed by atoms with E-state index in [9.17, 15) is 14.7 Å². The Hall–Kier alpha value is -3.39. The second-order valence-electron chi connectivity index (χ2n) is 8.22. The Kier molecular flexibility index (Phi) is 6.14. The number of amides is 1. The van der Waals surface area contributed by atoms with E-state index in [1.807, 2.05) is 38.1 Å². The van der Waals surface area contributed by atoms with Gasteiger partial charge in [-0.25, -0.2) is 14.6 Å². The molecule has 0 spiro atoms. The molecule has 1 atom stereocenters. The lowest BCUT2D eigenvalue weighted by Crippen LogP contribution is -2.32. The lowest BCUT2D eigenvalue weighted by atomic mass is 9.98. The number of carboxylic acid groups (broad SMARTS) is 1. The van der Waals surface area contributed by atoms with Crippen molar-refractivity contribution in [2.45, 2.75) is 32.2 Å². The quantitative estimate of drug-likeness (QED) is 0.463. The largest absolute Gasteiger partial charge is 0.477 e. The Morgan fingerprint density at radius 3 is 2.28 bits per heavy atom. The van der Waals surface area contributed by atoms with Gasteiger partial charge in [0.05, 0.1) is 11.7 Å². The fourth-order valence-corrected chi connectivity index (χ4v) is 4.96. The van der Waals surface area contributed by atoms with Crippen molar-refractivity contribution in [3.8, 4) is 11.1 Å². The molecule has 0 fully saturated rings. The van der Waals surface area contributed by atoms with Crippen LogP contribution in [0.25, 0.3) is 11.1 Å². The lowest BCUT2D eigenvalue weighted by molar-refractivity contribution is 0.0698. The van der Waals surface area contributed by atoms with Crippen molar-refractivity contribution >= 4 is 28.5 Å². The highest BCUT2D eigenvalue weighted by Gasteiger charge is 2.30. The van der Waals surface area contributed by atoms with Crippen LogP contribution in [0.3, 0.4) is 0 Å². The number of ether oxygens (including phenoxy) is 1. The number of aromatic carboxylic acids is 1. The standard InChI is InChI=1S/C24H25N3O4S/c1-13(2)11-19(20-21(22(28)29)32-23(25)27-20)26-24(30)31-12-18-16-9-5-3-7-14(16)15-8-4-6-10-17(15)18/h3-10,13,18-19H,11-12H2,1-2H3,(H2,25,27)(H,26,30)(H,28,29)/t19-/m0/s1. The number of nitrogen functional groups attached to an aromatic ring is 1. The summed E-state index contributed by atoms with van der Waals surface area (Å²) in [6.07, 6.45) is -0.103. The molecule has 0 radical (unpaired) electrons. The molecule has 1 heterocycles. The fourth-order valence-electron chi connectivity index (χ4n) is 4.23. The van der Waals surface area contributed by atoms with Crippen molar-refractivity contribution in [2.75, 3.05) is 12.3 Å². The normalized spacial score (nSPS) is 13.5. The molecule has 0 aliphatic heterocycles. The molecular formula is C24H25N3O4S. The molecule has 166 valence electrons. The summed E-state index contributed by atoms with van der Waals surface area (Å²) >= 11 is 0.898. The van der Waals surface area contributed by atoms with Crippen molar-refractivity contribution in [1.29, 1.82) is 0 Å². The zero-order valence-corrected chi connectivity index (χ0v) is 18.7. The second kappa shape index (κ2) is 9.00. The van der Waals surface area contributed by atoms with E-state index in [1.165, 1.54) is 0 Å². The van der Waals surface area contributed by atoms with Crippen LogP contribution in [0, 0.1) is 5.92 Å². The number of nitrogens with two attached hydrogens (primary N) is 1. The minimum absolute atomic E-state index is 0.0343. The summed E-state index contributed by atoms with van der Waals surface area (Å²) < 4.78 is 5.63. The van der Waals surface area contributed by atoms with Gasteiger partial charge in [0.15, 0.2) is 5.13 Å². The Morgan fingerprint density at radius 1 is 1.12 bits per heavy atom. The maximum absolute atomic E-state index is 12.7. The third-order valence-electron chi connectivity index (χ3n) is 5.54. The molecule has 0 saturated carbocycles. The highest BCUT2D eigenvalue weighted by molar-refractivity contribution is 7.17. The smallest absolute Gasteiger partial charge is 0.407 e. The van der Waals surface area contributed by atoms with E-state index in [0.29, 0.717) is 6.42 Å². The molecule has 7 nitrogen and oxygen atoms in total. The lowest BCUT2D eigenvalue weighted by Gasteiger charge is -2.21. The molecule has 1 aromatic heterocycles. The Balaban J connectivity index is 1.51. The zero-order valence-electron chi connectivity index (χ0n) is 17.9. The summed E-state index contributed by atoms with van der Waals surface area (Å²) in [4.78, 5) is 28.6. The van der Waals surface area contributed by atoms with Crippen LogP contribution in [0.15, 0.2) is 48.5 Å². The number of fused-ring (bicyclic) bond motifs is 3. The number of rotatable bonds is 7. The second-order valence-corrected chi connectivity index (χ2v) is 9.25. The van der Waals surface area contributed by atoms with E-state index < -0.39 is 18.1 Å². The summed E-state index contributed by atoms with van der Waals surface area (Å²) in [7, 11) is 0. The number of benzene rings is 2. The molecule has 4 N–H and O–H groups in total. The van der Waals surface area contributed by atoms with E-state index in [-0.39, 0.29) is 34.1 Å². The topological polar surface area (TPSA) is 115 Å². The van der Waals surface area contributed by atoms with Gasteiger partial charge in [0.1, 0.15) is 11.5 Å². The summed E-state index contributed by atoms with van der Waals surface area (Å²) in [6.45, 7) is 4.16. The molecule has 1 aliphatic rings. The Morgan fingerprint density at radius 2 is 1.72 bits per heavy atom. The Bertz CT molecular complexity index is 1110. The maximum Gasteiger partial charge on any atom is 0.407 e. The van der Waals surface area contributed by atoms with Gasteiger partial charge >= 0.3 is 12.1 Å². The number of nitrogens with zero attached hydrogens (tertiary/aromatic N) is 1. The van der Waals surface area contributed by atoms with Crippen molar-refractivity contribution in [2.24, 2.45) is 5.92 Å². The molecule has 0 bridgehead atoms. The number of hydrogen-bond acceptors (Lipinski definition) is 6. The first-order valence-corrected chi connectivity index (χ1v) is 11.3. The van der Waals surface area contributed by atoms with Gasteiger partial charge in [0.2, 0.25) is 0 Å². The third-order valence-corrected chi connectivity index (χ3v) is 6.43. The predicted octanol–water partition coefficient (Wildman–Crippen LogP) is 5.05. The first kappa shape index (κ1) is 21.8. The number of carbonyl (C=O) groups is 2. The molecule has 8 heteroatoms. The number of alkyl carbamates (subject to hydrolysis) is 1. The van der Waals surface area contributed by atoms with Gasteiger partial charge in [-0.3, -0.25) is 0 Å². The van der Waals surface area contributed by atoms with E-state index in [1.54, 1.807) is 0 Å². The Labute approximate surface area is 190 Å². The average Bonchev–Trinajstić information content (AvgIpc) is 3.30. The van der Waals surface area contributed by atoms with Gasteiger partial charge in [0, 0.05) is 5.92 Å². The molecule has 1 aliphatic carbocycles. The van der Waals surface area contributed by atoms with Crippen LogP contribution in [0.4, 0.5) is 9.93 Å². The van der Waals surface area contributed by atoms with Gasteiger partial charge in [-0.05, 0) is 34.6 Å². The van der Waals surface area contributed by atoms with Crippen molar-refractivity contribution in [3.63, 3.8) is 0 Å². The number of carboxylic acids is 1.